The number of halogens is 2. The van der Waals surface area contributed by atoms with Crippen LogP contribution < -0.4 is 4.74 Å². The van der Waals surface area contributed by atoms with E-state index in [1.165, 1.54) is 0 Å². The third-order valence-electron chi connectivity index (χ3n) is 2.13. The van der Waals surface area contributed by atoms with Crippen LogP contribution in [0.4, 0.5) is 14.5 Å². The molecule has 98 valence electrons. The van der Waals surface area contributed by atoms with Crippen molar-refractivity contribution in [3.8, 4) is 17.4 Å². The number of ether oxygens (including phenoxy) is 1. The van der Waals surface area contributed by atoms with Crippen molar-refractivity contribution in [2.24, 2.45) is 0 Å². The van der Waals surface area contributed by atoms with Crippen LogP contribution in [0.2, 0.25) is 0 Å². The average molecular weight is 268 g/mol. The first-order valence-corrected chi connectivity index (χ1v) is 4.93. The van der Waals surface area contributed by atoms with E-state index < -0.39 is 33.9 Å². The lowest BCUT2D eigenvalue weighted by atomic mass is 10.3. The van der Waals surface area contributed by atoms with Crippen molar-refractivity contribution in [3.05, 3.63) is 52.2 Å². The molecule has 0 aliphatic heterocycles. The van der Waals surface area contributed by atoms with Gasteiger partial charge in [0.05, 0.1) is 11.0 Å². The predicted molar refractivity (Wildman–Crippen MR) is 59.0 cm³/mol. The molecule has 1 aromatic heterocycles. The standard InChI is InChI=1S/C11H6F2N2O4/c12-6-1-2-10(8(13)3-6)19-11-9(16)4-7(5-14-11)15(17)18/h1-5,16H. The Morgan fingerprint density at radius 3 is 2.63 bits per heavy atom. The molecular weight excluding hydrogens is 262 g/mol. The summed E-state index contributed by atoms with van der Waals surface area (Å²) in [5.41, 5.74) is -0.440. The summed E-state index contributed by atoms with van der Waals surface area (Å²) in [6, 6.07) is 3.37. The predicted octanol–water partition coefficient (Wildman–Crippen LogP) is 2.77. The lowest BCUT2D eigenvalue weighted by Crippen LogP contribution is -1.94. The number of hydrogen-bond donors (Lipinski definition) is 1. The highest BCUT2D eigenvalue weighted by Crippen LogP contribution is 2.32. The molecule has 0 saturated carbocycles. The zero-order valence-electron chi connectivity index (χ0n) is 9.21. The maximum absolute atomic E-state index is 13.3. The Labute approximate surface area is 105 Å². The molecule has 19 heavy (non-hydrogen) atoms. The lowest BCUT2D eigenvalue weighted by Gasteiger charge is -2.06. The molecule has 2 rings (SSSR count). The summed E-state index contributed by atoms with van der Waals surface area (Å²) in [7, 11) is 0. The van der Waals surface area contributed by atoms with E-state index in [1.807, 2.05) is 0 Å². The van der Waals surface area contributed by atoms with Crippen LogP contribution in [0.25, 0.3) is 0 Å². The van der Waals surface area contributed by atoms with Gasteiger partial charge in [0.1, 0.15) is 12.0 Å². The van der Waals surface area contributed by atoms with E-state index in [-0.39, 0.29) is 5.75 Å². The van der Waals surface area contributed by atoms with Crippen LogP contribution in [0, 0.1) is 21.7 Å². The van der Waals surface area contributed by atoms with E-state index in [2.05, 4.69) is 4.98 Å². The van der Waals surface area contributed by atoms with Gasteiger partial charge in [-0.1, -0.05) is 0 Å². The van der Waals surface area contributed by atoms with Gasteiger partial charge >= 0.3 is 0 Å². The molecule has 0 bridgehead atoms. The summed E-state index contributed by atoms with van der Waals surface area (Å²) in [5.74, 6) is -3.18. The fraction of sp³-hybridized carbons (Fsp3) is 0. The topological polar surface area (TPSA) is 85.5 Å². The second-order valence-electron chi connectivity index (χ2n) is 3.45. The van der Waals surface area contributed by atoms with Crippen LogP contribution >= 0.6 is 0 Å². The normalized spacial score (nSPS) is 10.2. The number of hydrogen-bond acceptors (Lipinski definition) is 5. The Morgan fingerprint density at radius 2 is 2.05 bits per heavy atom. The van der Waals surface area contributed by atoms with Crippen LogP contribution in [0.5, 0.6) is 17.4 Å². The Hall–Kier alpha value is -2.77. The number of aromatic hydroxyl groups is 1. The maximum Gasteiger partial charge on any atom is 0.291 e. The molecule has 0 fully saturated rings. The molecule has 0 spiro atoms. The summed E-state index contributed by atoms with van der Waals surface area (Å²) >= 11 is 0. The molecule has 8 heteroatoms. The Kier molecular flexibility index (Phi) is 3.23. The first-order chi connectivity index (χ1) is 8.97. The number of pyridine rings is 1. The highest BCUT2D eigenvalue weighted by Gasteiger charge is 2.15. The molecule has 0 radical (unpaired) electrons. The third-order valence-corrected chi connectivity index (χ3v) is 2.13. The molecule has 0 unspecified atom stereocenters. The maximum atomic E-state index is 13.3. The van der Waals surface area contributed by atoms with Crippen molar-refractivity contribution in [1.82, 2.24) is 4.98 Å². The second-order valence-corrected chi connectivity index (χ2v) is 3.45. The highest BCUT2D eigenvalue weighted by atomic mass is 19.1. The van der Waals surface area contributed by atoms with E-state index >= 15 is 0 Å². The number of aromatic nitrogens is 1. The lowest BCUT2D eigenvalue weighted by molar-refractivity contribution is -0.385. The van der Waals surface area contributed by atoms with Gasteiger partial charge in [-0.3, -0.25) is 10.1 Å². The van der Waals surface area contributed by atoms with Gasteiger partial charge in [-0.25, -0.2) is 13.8 Å². The van der Waals surface area contributed by atoms with Crippen molar-refractivity contribution in [2.75, 3.05) is 0 Å². The van der Waals surface area contributed by atoms with Gasteiger partial charge in [0.15, 0.2) is 17.3 Å². The number of nitrogens with zero attached hydrogens (tertiary/aromatic N) is 2. The molecule has 2 aromatic rings. The SMILES string of the molecule is O=[N+]([O-])c1cnc(Oc2ccc(F)cc2F)c(O)c1. The van der Waals surface area contributed by atoms with E-state index in [0.29, 0.717) is 6.07 Å². The number of benzene rings is 1. The fourth-order valence-corrected chi connectivity index (χ4v) is 1.27. The molecule has 1 N–H and O–H groups in total. The van der Waals surface area contributed by atoms with Crippen LogP contribution in [-0.4, -0.2) is 15.0 Å². The quantitative estimate of drug-likeness (QED) is 0.683. The molecule has 0 aliphatic rings. The van der Waals surface area contributed by atoms with E-state index in [4.69, 9.17) is 4.74 Å². The van der Waals surface area contributed by atoms with Gasteiger partial charge < -0.3 is 9.84 Å². The van der Waals surface area contributed by atoms with Crippen LogP contribution in [-0.2, 0) is 0 Å². The van der Waals surface area contributed by atoms with Crippen LogP contribution in [0.3, 0.4) is 0 Å². The first kappa shape index (κ1) is 12.7. The minimum atomic E-state index is -0.987. The molecule has 0 aliphatic carbocycles. The second kappa shape index (κ2) is 4.84. The number of rotatable bonds is 3. The molecule has 1 aromatic carbocycles. The molecule has 1 heterocycles. The summed E-state index contributed by atoms with van der Waals surface area (Å²) in [5, 5.41) is 19.9. The minimum Gasteiger partial charge on any atom is -0.503 e. The summed E-state index contributed by atoms with van der Waals surface area (Å²) in [6.07, 6.45) is 0.844. The van der Waals surface area contributed by atoms with E-state index in [0.717, 1.165) is 24.4 Å². The Morgan fingerprint density at radius 1 is 1.32 bits per heavy atom. The largest absolute Gasteiger partial charge is 0.503 e. The summed E-state index contributed by atoms with van der Waals surface area (Å²) in [4.78, 5) is 13.2. The number of nitro groups is 1. The Balaban J connectivity index is 2.31. The molecule has 6 nitrogen and oxygen atoms in total. The first-order valence-electron chi connectivity index (χ1n) is 4.93. The van der Waals surface area contributed by atoms with Crippen molar-refractivity contribution < 1.29 is 23.5 Å². The summed E-state index contributed by atoms with van der Waals surface area (Å²) in [6.45, 7) is 0. The average Bonchev–Trinajstić information content (AvgIpc) is 2.34. The molecule has 0 atom stereocenters. The zero-order chi connectivity index (χ0) is 14.0. The minimum absolute atomic E-state index is 0.363. The van der Waals surface area contributed by atoms with E-state index in [1.54, 1.807) is 0 Å². The summed E-state index contributed by atoms with van der Waals surface area (Å²) < 4.78 is 30.9. The van der Waals surface area contributed by atoms with Crippen LogP contribution in [0.15, 0.2) is 30.5 Å². The van der Waals surface area contributed by atoms with Gasteiger partial charge in [-0.05, 0) is 12.1 Å². The van der Waals surface area contributed by atoms with Crippen molar-refractivity contribution in [3.63, 3.8) is 0 Å². The van der Waals surface area contributed by atoms with Crippen molar-refractivity contribution in [1.29, 1.82) is 0 Å². The zero-order valence-corrected chi connectivity index (χ0v) is 9.21. The smallest absolute Gasteiger partial charge is 0.291 e. The Bertz CT molecular complexity index is 649. The van der Waals surface area contributed by atoms with Crippen molar-refractivity contribution >= 4 is 5.69 Å². The molecule has 0 saturated heterocycles. The molecular formula is C11H6F2N2O4. The van der Waals surface area contributed by atoms with E-state index in [9.17, 15) is 24.0 Å². The fourth-order valence-electron chi connectivity index (χ4n) is 1.27. The molecule has 0 amide bonds. The van der Waals surface area contributed by atoms with Gasteiger partial charge in [-0.2, -0.15) is 0 Å². The monoisotopic (exact) mass is 268 g/mol. The van der Waals surface area contributed by atoms with Crippen LogP contribution in [0.1, 0.15) is 0 Å². The van der Waals surface area contributed by atoms with Gasteiger partial charge in [0.2, 0.25) is 0 Å². The van der Waals surface area contributed by atoms with Gasteiger partial charge in [0.25, 0.3) is 11.6 Å². The van der Waals surface area contributed by atoms with Gasteiger partial charge in [0, 0.05) is 6.07 Å². The highest BCUT2D eigenvalue weighted by molar-refractivity contribution is 5.43. The van der Waals surface area contributed by atoms with Gasteiger partial charge in [-0.15, -0.1) is 0 Å². The third kappa shape index (κ3) is 2.73. The van der Waals surface area contributed by atoms with Crippen molar-refractivity contribution in [2.45, 2.75) is 0 Å².